The highest BCUT2D eigenvalue weighted by atomic mass is 31.2. The van der Waals surface area contributed by atoms with E-state index in [1.807, 2.05) is 0 Å². The highest BCUT2D eigenvalue weighted by Crippen LogP contribution is 2.53. The van der Waals surface area contributed by atoms with Gasteiger partial charge in [0.25, 0.3) is 0 Å². The van der Waals surface area contributed by atoms with Crippen molar-refractivity contribution in [2.75, 3.05) is 19.8 Å². The van der Waals surface area contributed by atoms with Crippen LogP contribution in [-0.4, -0.2) is 19.8 Å². The van der Waals surface area contributed by atoms with Gasteiger partial charge in [-0.05, 0) is 212 Å². The lowest BCUT2D eigenvalue weighted by Crippen LogP contribution is -2.19. The molecule has 3 atom stereocenters. The lowest BCUT2D eigenvalue weighted by molar-refractivity contribution is 0.197. The van der Waals surface area contributed by atoms with Crippen LogP contribution in [0.25, 0.3) is 0 Å². The van der Waals surface area contributed by atoms with Crippen molar-refractivity contribution in [3.05, 3.63) is 176 Å². The number of rotatable bonds is 80. The number of hydrogen-bond donors (Lipinski definition) is 0. The molecule has 0 saturated carbocycles. The maximum absolute atomic E-state index is 7.41. The molecule has 0 aliphatic rings. The van der Waals surface area contributed by atoms with E-state index in [9.17, 15) is 0 Å². The Hall–Kier alpha value is -4.71. The van der Waals surface area contributed by atoms with E-state index in [2.05, 4.69) is 241 Å². The lowest BCUT2D eigenvalue weighted by Gasteiger charge is -2.33. The summed E-state index contributed by atoms with van der Waals surface area (Å²) in [6.45, 7) is 46.1. The summed E-state index contributed by atoms with van der Waals surface area (Å²) in [6.07, 6.45) is 73.0. The molecule has 6 aromatic carbocycles. The second kappa shape index (κ2) is 70.0. The first-order chi connectivity index (χ1) is 64.4. The summed E-state index contributed by atoms with van der Waals surface area (Å²) in [5, 5.41) is 0. The molecule has 0 aliphatic carbocycles. The Morgan fingerprint density at radius 2 is 0.466 bits per heavy atom. The van der Waals surface area contributed by atoms with E-state index in [0.717, 1.165) is 128 Å². The van der Waals surface area contributed by atoms with Gasteiger partial charge in [-0.25, -0.2) is 0 Å². The average molecular weight is 1890 g/mol. The smallest absolute Gasteiger partial charge is 0.426 e. The van der Waals surface area contributed by atoms with Gasteiger partial charge >= 0.3 is 25.8 Å². The van der Waals surface area contributed by atoms with Crippen molar-refractivity contribution in [2.45, 2.75) is 532 Å². The SMILES string of the molecule is CCCCCCCCCCCCCOP(OCCCCCCCCCCCCC)Oc1cc(C)c(C(CC(C)c2cc(C(C)(C)C)c(OP(Oc3cccc(CCCCCCCCC)c3)Oc3cccc(CCCCCCCCC)c3)cc2C)c2cc(C(C)(C)C)c(OP(OCCCCCCCCCCCCC)Oc3cccc(CCCCCCCCC)c3)cc2C)cc1C(C)(C)C. The van der Waals surface area contributed by atoms with E-state index in [1.165, 1.54) is 345 Å². The molecule has 3 unspecified atom stereocenters. The molecule has 133 heavy (non-hydrogen) atoms. The molecule has 6 aromatic rings. The third-order valence-electron chi connectivity index (χ3n) is 27.2. The van der Waals surface area contributed by atoms with Gasteiger partial charge in [0.05, 0.1) is 19.8 Å². The predicted molar refractivity (Wildman–Crippen MR) is 581 cm³/mol. The monoisotopic (exact) mass is 1890 g/mol. The predicted octanol–water partition coefficient (Wildman–Crippen LogP) is 41.7. The van der Waals surface area contributed by atoms with Crippen LogP contribution in [0.3, 0.4) is 0 Å². The normalized spacial score (nSPS) is 12.8. The van der Waals surface area contributed by atoms with Crippen LogP contribution in [-0.2, 0) is 49.1 Å². The van der Waals surface area contributed by atoms with Gasteiger partial charge in [-0.2, -0.15) is 0 Å². The maximum Gasteiger partial charge on any atom is 0.530 e. The fourth-order valence-corrected chi connectivity index (χ4v) is 21.9. The molecule has 0 bridgehead atoms. The third kappa shape index (κ3) is 49.8. The summed E-state index contributed by atoms with van der Waals surface area (Å²) in [6, 6.07) is 40.6. The lowest BCUT2D eigenvalue weighted by atomic mass is 9.74. The fraction of sp³-hybridized carbons (Fsp3) is 0.702. The molecule has 0 heterocycles. The molecule has 0 spiro atoms. The second-order valence-electron chi connectivity index (χ2n) is 42.9. The van der Waals surface area contributed by atoms with Crippen LogP contribution in [0.1, 0.15) is 543 Å². The first-order valence-corrected chi connectivity index (χ1v) is 58.8. The minimum Gasteiger partial charge on any atom is -0.426 e. The fourth-order valence-electron chi connectivity index (χ4n) is 18.8. The molecule has 0 N–H and O–H groups in total. The summed E-state index contributed by atoms with van der Waals surface area (Å²) >= 11 is 0. The van der Waals surface area contributed by atoms with Gasteiger partial charge < -0.3 is 36.2 Å². The second-order valence-corrected chi connectivity index (χ2v) is 46.1. The molecule has 0 saturated heterocycles. The first kappa shape index (κ1) is 117. The molecule has 0 fully saturated rings. The maximum atomic E-state index is 7.41. The van der Waals surface area contributed by atoms with Gasteiger partial charge in [-0.15, -0.1) is 0 Å². The summed E-state index contributed by atoms with van der Waals surface area (Å²) in [7, 11) is -5.54. The molecule has 0 aliphatic heterocycles. The van der Waals surface area contributed by atoms with E-state index < -0.39 is 25.8 Å². The van der Waals surface area contributed by atoms with E-state index in [4.69, 9.17) is 40.7 Å². The molecular weight excluding hydrogens is 1690 g/mol. The van der Waals surface area contributed by atoms with Gasteiger partial charge in [-0.3, -0.25) is 4.52 Å². The summed E-state index contributed by atoms with van der Waals surface area (Å²) in [5.41, 5.74) is 13.7. The van der Waals surface area contributed by atoms with Crippen molar-refractivity contribution >= 4 is 25.8 Å². The first-order valence-electron chi connectivity index (χ1n) is 55.5. The Bertz CT molecular complexity index is 3850. The van der Waals surface area contributed by atoms with E-state index >= 15 is 0 Å². The molecule has 6 rings (SSSR count). The zero-order chi connectivity index (χ0) is 96.0. The Kier molecular flexibility index (Phi) is 61.6. The molecule has 0 radical (unpaired) electrons. The van der Waals surface area contributed by atoms with Crippen molar-refractivity contribution in [1.29, 1.82) is 0 Å². The zero-order valence-electron chi connectivity index (χ0n) is 89.2. The van der Waals surface area contributed by atoms with Crippen LogP contribution in [0.4, 0.5) is 0 Å². The van der Waals surface area contributed by atoms with Crippen LogP contribution < -0.4 is 27.1 Å². The van der Waals surface area contributed by atoms with E-state index in [0.29, 0.717) is 19.8 Å². The Morgan fingerprint density at radius 3 is 0.744 bits per heavy atom. The minimum atomic E-state index is -1.99. The number of hydrogen-bond acceptors (Lipinski definition) is 9. The summed E-state index contributed by atoms with van der Waals surface area (Å²) < 4.78 is 64.1. The molecule has 0 amide bonds. The zero-order valence-corrected chi connectivity index (χ0v) is 91.9. The largest absolute Gasteiger partial charge is 0.530 e. The summed E-state index contributed by atoms with van der Waals surface area (Å²) in [5.74, 6) is 4.80. The standard InChI is InChI=1S/C121H199O9P3/c1-20-26-32-38-44-47-50-53-59-65-71-86-122-131(123-87-72-66-60-54-51-48-45-39-33-27-21-2)128-116-91-101(9)110(97-114(116)120(14,15)16)112(111-98-115(121(17,18)19)117(92-102(111)10)129-132(124-88-73-67-61-55-52-49-46-40-34-28-22-3)125-106-83-74-80-103(93-106)77-68-62-56-41-35-29-23-4)89-99(7)109-96-113(119(11,12)13)118(90-100(109)8)130-133(126-107-84-75-81-104(94-107)78-69-63-57-42-36-30-24-5)127-108-85-76-82-105(95-108)79-70-64-58-43-37-31-25-6/h74-76,80-85,90-99,112H,20-73,77-79,86-89H2,1-19H3. The molecular formula is C121H199O9P3. The van der Waals surface area contributed by atoms with Crippen LogP contribution in [0.2, 0.25) is 0 Å². The number of aryl methyl sites for hydroxylation is 6. The van der Waals surface area contributed by atoms with Crippen LogP contribution in [0.15, 0.2) is 109 Å². The van der Waals surface area contributed by atoms with Crippen LogP contribution in [0, 0.1) is 20.8 Å². The van der Waals surface area contributed by atoms with Crippen molar-refractivity contribution in [3.63, 3.8) is 0 Å². The van der Waals surface area contributed by atoms with Crippen molar-refractivity contribution < 1.29 is 40.7 Å². The number of unbranched alkanes of at least 4 members (excludes halogenated alkanes) is 48. The van der Waals surface area contributed by atoms with Crippen LogP contribution >= 0.6 is 25.8 Å². The average Bonchev–Trinajstić information content (AvgIpc) is 0.758. The Morgan fingerprint density at radius 1 is 0.241 bits per heavy atom. The van der Waals surface area contributed by atoms with Gasteiger partial charge in [0, 0.05) is 22.6 Å². The number of benzene rings is 6. The third-order valence-corrected chi connectivity index (χ3v) is 30.5. The Balaban J connectivity index is 1.45. The minimum absolute atomic E-state index is 0.0710. The van der Waals surface area contributed by atoms with Gasteiger partial charge in [0.15, 0.2) is 0 Å². The van der Waals surface area contributed by atoms with Crippen molar-refractivity contribution in [3.8, 4) is 34.5 Å². The van der Waals surface area contributed by atoms with E-state index in [-0.39, 0.29) is 28.1 Å². The van der Waals surface area contributed by atoms with Gasteiger partial charge in [-0.1, -0.05) is 474 Å². The van der Waals surface area contributed by atoms with Crippen molar-refractivity contribution in [2.24, 2.45) is 0 Å². The van der Waals surface area contributed by atoms with Gasteiger partial charge in [0.1, 0.15) is 34.5 Å². The van der Waals surface area contributed by atoms with Gasteiger partial charge in [0.2, 0.25) is 0 Å². The van der Waals surface area contributed by atoms with E-state index in [1.54, 1.807) is 0 Å². The summed E-state index contributed by atoms with van der Waals surface area (Å²) in [4.78, 5) is 0. The molecule has 9 nitrogen and oxygen atoms in total. The molecule has 0 aromatic heterocycles. The topological polar surface area (TPSA) is 83.1 Å². The highest BCUT2D eigenvalue weighted by Gasteiger charge is 2.35. The van der Waals surface area contributed by atoms with Crippen molar-refractivity contribution in [1.82, 2.24) is 0 Å². The Labute approximate surface area is 823 Å². The van der Waals surface area contributed by atoms with Crippen LogP contribution in [0.5, 0.6) is 34.5 Å². The molecule has 752 valence electrons. The highest BCUT2D eigenvalue weighted by molar-refractivity contribution is 7.43. The quantitative estimate of drug-likeness (QED) is 0.0274. The molecule has 12 heteroatoms.